The molecule has 0 unspecified atom stereocenters. The molecule has 0 aliphatic heterocycles. The van der Waals surface area contributed by atoms with Crippen LogP contribution in [0.25, 0.3) is 0 Å². The maximum atomic E-state index is 12.2. The molecule has 1 aromatic heterocycles. The van der Waals surface area contributed by atoms with Gasteiger partial charge in [0.1, 0.15) is 41.2 Å². The Morgan fingerprint density at radius 1 is 1.00 bits per heavy atom. The molecule has 2 aromatic carbocycles. The van der Waals surface area contributed by atoms with Crippen LogP contribution in [0, 0.1) is 6.92 Å². The first kappa shape index (κ1) is 19.7. The van der Waals surface area contributed by atoms with Gasteiger partial charge in [-0.3, -0.25) is 4.79 Å². The number of thiazole rings is 1. The van der Waals surface area contributed by atoms with E-state index < -0.39 is 0 Å². The van der Waals surface area contributed by atoms with Crippen LogP contribution >= 0.6 is 11.3 Å². The van der Waals surface area contributed by atoms with E-state index in [1.165, 1.54) is 16.9 Å². The molecule has 0 spiro atoms. The third-order valence-corrected chi connectivity index (χ3v) is 4.71. The maximum Gasteiger partial charge on any atom is 0.270 e. The van der Waals surface area contributed by atoms with Crippen molar-refractivity contribution >= 4 is 17.2 Å². The summed E-state index contributed by atoms with van der Waals surface area (Å²) in [5.41, 5.74) is 1.56. The molecule has 1 N–H and O–H groups in total. The minimum atomic E-state index is -0.226. The van der Waals surface area contributed by atoms with Crippen LogP contribution in [0.1, 0.15) is 21.1 Å². The Bertz CT molecular complexity index is 892. The van der Waals surface area contributed by atoms with Gasteiger partial charge in [-0.05, 0) is 43.3 Å². The van der Waals surface area contributed by atoms with Gasteiger partial charge in [-0.25, -0.2) is 4.98 Å². The summed E-state index contributed by atoms with van der Waals surface area (Å²) in [5, 5.41) is 5.28. The SMILES string of the molecule is COc1ccc(OCCNC(=O)c2csc(COc3ccc(C)cc3)n2)cc1. The maximum absolute atomic E-state index is 12.2. The van der Waals surface area contributed by atoms with E-state index in [0.29, 0.717) is 25.5 Å². The Balaban J connectivity index is 1.40. The van der Waals surface area contributed by atoms with Crippen LogP contribution in [0.4, 0.5) is 0 Å². The number of aromatic nitrogens is 1. The molecule has 1 heterocycles. The van der Waals surface area contributed by atoms with Crippen molar-refractivity contribution in [2.75, 3.05) is 20.3 Å². The number of amides is 1. The monoisotopic (exact) mass is 398 g/mol. The first-order valence-electron chi connectivity index (χ1n) is 8.83. The fraction of sp³-hybridized carbons (Fsp3) is 0.238. The second-order valence-electron chi connectivity index (χ2n) is 6.01. The third kappa shape index (κ3) is 5.72. The highest BCUT2D eigenvalue weighted by Gasteiger charge is 2.11. The molecule has 0 saturated carbocycles. The van der Waals surface area contributed by atoms with E-state index in [1.807, 2.05) is 55.5 Å². The first-order valence-corrected chi connectivity index (χ1v) is 9.71. The van der Waals surface area contributed by atoms with Crippen LogP contribution in [0.15, 0.2) is 53.9 Å². The van der Waals surface area contributed by atoms with Crippen molar-refractivity contribution in [3.8, 4) is 17.2 Å². The molecule has 1 amide bonds. The van der Waals surface area contributed by atoms with E-state index in [9.17, 15) is 4.79 Å². The van der Waals surface area contributed by atoms with Gasteiger partial charge >= 0.3 is 0 Å². The Morgan fingerprint density at radius 2 is 1.64 bits per heavy atom. The highest BCUT2D eigenvalue weighted by atomic mass is 32.1. The van der Waals surface area contributed by atoms with E-state index >= 15 is 0 Å². The first-order chi connectivity index (χ1) is 13.6. The molecule has 3 aromatic rings. The van der Waals surface area contributed by atoms with Crippen LogP contribution < -0.4 is 19.5 Å². The van der Waals surface area contributed by atoms with Crippen LogP contribution in [0.3, 0.4) is 0 Å². The van der Waals surface area contributed by atoms with Gasteiger partial charge in [-0.15, -0.1) is 11.3 Å². The molecule has 146 valence electrons. The normalized spacial score (nSPS) is 10.4. The largest absolute Gasteiger partial charge is 0.497 e. The molecule has 6 nitrogen and oxygen atoms in total. The van der Waals surface area contributed by atoms with Gasteiger partial charge < -0.3 is 19.5 Å². The van der Waals surface area contributed by atoms with Crippen molar-refractivity contribution in [3.63, 3.8) is 0 Å². The van der Waals surface area contributed by atoms with Crippen LogP contribution in [0.5, 0.6) is 17.2 Å². The topological polar surface area (TPSA) is 69.7 Å². The van der Waals surface area contributed by atoms with Gasteiger partial charge in [0.2, 0.25) is 0 Å². The number of carbonyl (C=O) groups is 1. The van der Waals surface area contributed by atoms with Gasteiger partial charge in [0, 0.05) is 5.38 Å². The van der Waals surface area contributed by atoms with Gasteiger partial charge in [0.15, 0.2) is 0 Å². The molecular formula is C21H22N2O4S. The van der Waals surface area contributed by atoms with Gasteiger partial charge in [0.05, 0.1) is 13.7 Å². The Kier molecular flexibility index (Phi) is 6.86. The molecule has 28 heavy (non-hydrogen) atoms. The third-order valence-electron chi connectivity index (χ3n) is 3.88. The molecule has 0 fully saturated rings. The van der Waals surface area contributed by atoms with Crippen LogP contribution in [0.2, 0.25) is 0 Å². The molecule has 0 saturated heterocycles. The zero-order valence-corrected chi connectivity index (χ0v) is 16.6. The summed E-state index contributed by atoms with van der Waals surface area (Å²) < 4.78 is 16.4. The number of ether oxygens (including phenoxy) is 3. The van der Waals surface area contributed by atoms with Gasteiger partial charge in [-0.1, -0.05) is 17.7 Å². The smallest absolute Gasteiger partial charge is 0.270 e. The number of methoxy groups -OCH3 is 1. The Hall–Kier alpha value is -3.06. The second-order valence-corrected chi connectivity index (χ2v) is 6.95. The van der Waals surface area contributed by atoms with Crippen molar-refractivity contribution in [2.24, 2.45) is 0 Å². The lowest BCUT2D eigenvalue weighted by atomic mass is 10.2. The number of carbonyl (C=O) groups excluding carboxylic acids is 1. The number of hydrogen-bond acceptors (Lipinski definition) is 6. The van der Waals surface area contributed by atoms with E-state index in [2.05, 4.69) is 10.3 Å². The van der Waals surface area contributed by atoms with Gasteiger partial charge in [0.25, 0.3) is 5.91 Å². The highest BCUT2D eigenvalue weighted by Crippen LogP contribution is 2.17. The summed E-state index contributed by atoms with van der Waals surface area (Å²) in [5.74, 6) is 2.05. The molecule has 3 rings (SSSR count). The van der Waals surface area contributed by atoms with E-state index in [1.54, 1.807) is 12.5 Å². The average Bonchev–Trinajstić information content (AvgIpc) is 3.20. The number of nitrogens with one attached hydrogen (secondary N) is 1. The zero-order chi connectivity index (χ0) is 19.8. The van der Waals surface area contributed by atoms with Crippen LogP contribution in [-0.2, 0) is 6.61 Å². The van der Waals surface area contributed by atoms with Crippen molar-refractivity contribution in [1.82, 2.24) is 10.3 Å². The van der Waals surface area contributed by atoms with E-state index in [0.717, 1.165) is 22.3 Å². The van der Waals surface area contributed by atoms with Crippen molar-refractivity contribution in [1.29, 1.82) is 0 Å². The number of nitrogens with zero attached hydrogens (tertiary/aromatic N) is 1. The second kappa shape index (κ2) is 9.75. The molecule has 0 aliphatic carbocycles. The molecule has 0 radical (unpaired) electrons. The molecule has 7 heteroatoms. The average molecular weight is 398 g/mol. The number of aryl methyl sites for hydroxylation is 1. The molecular weight excluding hydrogens is 376 g/mol. The van der Waals surface area contributed by atoms with E-state index in [-0.39, 0.29) is 5.91 Å². The summed E-state index contributed by atoms with van der Waals surface area (Å²) >= 11 is 1.40. The summed E-state index contributed by atoms with van der Waals surface area (Å²) in [4.78, 5) is 16.5. The van der Waals surface area contributed by atoms with Crippen molar-refractivity contribution < 1.29 is 19.0 Å². The quantitative estimate of drug-likeness (QED) is 0.555. The fourth-order valence-electron chi connectivity index (χ4n) is 2.36. The summed E-state index contributed by atoms with van der Waals surface area (Å²) in [7, 11) is 1.62. The summed E-state index contributed by atoms with van der Waals surface area (Å²) in [6.45, 7) is 3.11. The minimum absolute atomic E-state index is 0.226. The summed E-state index contributed by atoms with van der Waals surface area (Å²) in [6, 6.07) is 15.1. The standard InChI is InChI=1S/C21H22N2O4S/c1-15-3-5-18(6-4-15)27-13-20-23-19(14-28-20)21(24)22-11-12-26-17-9-7-16(25-2)8-10-17/h3-10,14H,11-13H2,1-2H3,(H,22,24). The Morgan fingerprint density at radius 3 is 2.36 bits per heavy atom. The summed E-state index contributed by atoms with van der Waals surface area (Å²) in [6.07, 6.45) is 0. The highest BCUT2D eigenvalue weighted by molar-refractivity contribution is 7.09. The zero-order valence-electron chi connectivity index (χ0n) is 15.8. The predicted octanol–water partition coefficient (Wildman–Crippen LogP) is 3.85. The van der Waals surface area contributed by atoms with Crippen molar-refractivity contribution in [3.05, 3.63) is 70.2 Å². The van der Waals surface area contributed by atoms with E-state index in [4.69, 9.17) is 14.2 Å². The lowest BCUT2D eigenvalue weighted by Crippen LogP contribution is -2.28. The predicted molar refractivity (Wildman–Crippen MR) is 108 cm³/mol. The van der Waals surface area contributed by atoms with Crippen molar-refractivity contribution in [2.45, 2.75) is 13.5 Å². The molecule has 0 aliphatic rings. The molecule has 0 atom stereocenters. The minimum Gasteiger partial charge on any atom is -0.497 e. The lowest BCUT2D eigenvalue weighted by Gasteiger charge is -2.07. The van der Waals surface area contributed by atoms with Gasteiger partial charge in [-0.2, -0.15) is 0 Å². The fourth-order valence-corrected chi connectivity index (χ4v) is 3.04. The lowest BCUT2D eigenvalue weighted by molar-refractivity contribution is 0.0942. The molecule has 0 bridgehead atoms. The van der Waals surface area contributed by atoms with Crippen LogP contribution in [-0.4, -0.2) is 31.2 Å². The Labute approximate surface area is 168 Å². The number of hydrogen-bond donors (Lipinski definition) is 1. The number of benzene rings is 2. The number of rotatable bonds is 9.